The quantitative estimate of drug-likeness (QED) is 0.484. The smallest absolute Gasteiger partial charge is 0.0595 e. The molecule has 0 aromatic carbocycles. The zero-order valence-electron chi connectivity index (χ0n) is 5.51. The maximum Gasteiger partial charge on any atom is 0.0595 e. The lowest BCUT2D eigenvalue weighted by molar-refractivity contribution is 0.0228. The van der Waals surface area contributed by atoms with Crippen molar-refractivity contribution in [2.75, 3.05) is 6.54 Å². The molecule has 1 saturated carbocycles. The van der Waals surface area contributed by atoms with Crippen LogP contribution in [0.1, 0.15) is 19.3 Å². The van der Waals surface area contributed by atoms with E-state index in [1.165, 1.54) is 12.8 Å². The third-order valence-electron chi connectivity index (χ3n) is 2.62. The number of fused-ring (bicyclic) bond motifs is 3. The normalized spacial score (nSPS) is 49.7. The first kappa shape index (κ1) is 5.69. The Balaban J connectivity index is 2.06. The molecule has 0 unspecified atom stereocenters. The highest BCUT2D eigenvalue weighted by Crippen LogP contribution is 2.28. The summed E-state index contributed by atoms with van der Waals surface area (Å²) in [5, 5.41) is 12.7. The minimum absolute atomic E-state index is 0.00463. The van der Waals surface area contributed by atoms with Crippen molar-refractivity contribution in [2.24, 2.45) is 5.92 Å². The van der Waals surface area contributed by atoms with Gasteiger partial charge in [0.05, 0.1) is 6.10 Å². The first-order chi connectivity index (χ1) is 4.36. The van der Waals surface area contributed by atoms with E-state index in [0.717, 1.165) is 13.0 Å². The van der Waals surface area contributed by atoms with E-state index in [1.807, 2.05) is 0 Å². The number of piperidine rings is 2. The predicted molar refractivity (Wildman–Crippen MR) is 35.1 cm³/mol. The molecular weight excluding hydrogens is 114 g/mol. The number of nitrogens with one attached hydrogen (secondary N) is 1. The standard InChI is InChI=1S/C7H13NO/c9-7-3-6-2-1-5(7)4-8-6/h5-9H,1-4H2/t5-,6-,7+/m1/s1. The Kier molecular flexibility index (Phi) is 1.24. The Morgan fingerprint density at radius 2 is 2.22 bits per heavy atom. The molecule has 9 heavy (non-hydrogen) atoms. The third-order valence-corrected chi connectivity index (χ3v) is 2.62. The van der Waals surface area contributed by atoms with Gasteiger partial charge in [-0.05, 0) is 25.2 Å². The highest BCUT2D eigenvalue weighted by molar-refractivity contribution is 4.90. The summed E-state index contributed by atoms with van der Waals surface area (Å²) in [5.41, 5.74) is 0. The van der Waals surface area contributed by atoms with E-state index in [1.54, 1.807) is 0 Å². The van der Waals surface area contributed by atoms with Gasteiger partial charge in [-0.25, -0.2) is 0 Å². The summed E-state index contributed by atoms with van der Waals surface area (Å²) < 4.78 is 0. The van der Waals surface area contributed by atoms with Crippen molar-refractivity contribution >= 4 is 0 Å². The van der Waals surface area contributed by atoms with Gasteiger partial charge >= 0.3 is 0 Å². The van der Waals surface area contributed by atoms with Crippen LogP contribution in [0, 0.1) is 5.92 Å². The number of aliphatic hydroxyl groups is 1. The minimum atomic E-state index is 0.00463. The van der Waals surface area contributed by atoms with Crippen LogP contribution in [0.2, 0.25) is 0 Å². The molecule has 2 heterocycles. The molecular formula is C7H13NO. The molecule has 2 heteroatoms. The van der Waals surface area contributed by atoms with Crippen LogP contribution >= 0.6 is 0 Å². The number of hydrogen-bond acceptors (Lipinski definition) is 2. The van der Waals surface area contributed by atoms with Crippen LogP contribution in [0.3, 0.4) is 0 Å². The summed E-state index contributed by atoms with van der Waals surface area (Å²) in [4.78, 5) is 0. The van der Waals surface area contributed by atoms with Gasteiger partial charge in [-0.1, -0.05) is 0 Å². The predicted octanol–water partition coefficient (Wildman–Crippen LogP) is 0.119. The van der Waals surface area contributed by atoms with Crippen LogP contribution in [-0.2, 0) is 0 Å². The molecule has 3 fully saturated rings. The van der Waals surface area contributed by atoms with Crippen LogP contribution in [0.5, 0.6) is 0 Å². The Morgan fingerprint density at radius 1 is 1.33 bits per heavy atom. The van der Waals surface area contributed by atoms with Gasteiger partial charge in [0.1, 0.15) is 0 Å². The summed E-state index contributed by atoms with van der Waals surface area (Å²) in [6.45, 7) is 1.05. The van der Waals surface area contributed by atoms with E-state index in [0.29, 0.717) is 12.0 Å². The van der Waals surface area contributed by atoms with Crippen molar-refractivity contribution in [1.29, 1.82) is 0 Å². The second-order valence-electron chi connectivity index (χ2n) is 3.25. The molecule has 2 bridgehead atoms. The topological polar surface area (TPSA) is 32.3 Å². The summed E-state index contributed by atoms with van der Waals surface area (Å²) in [6.07, 6.45) is 3.51. The molecule has 0 aromatic heterocycles. The lowest BCUT2D eigenvalue weighted by atomic mass is 9.79. The SMILES string of the molecule is O[C@H]1C[C@H]2CC[C@@H]1CN2. The molecule has 3 aliphatic rings. The van der Waals surface area contributed by atoms with E-state index >= 15 is 0 Å². The lowest BCUT2D eigenvalue weighted by Crippen LogP contribution is -2.51. The number of rotatable bonds is 0. The van der Waals surface area contributed by atoms with Gasteiger partial charge in [-0.2, -0.15) is 0 Å². The largest absolute Gasteiger partial charge is 0.393 e. The fraction of sp³-hybridized carbons (Fsp3) is 1.00. The molecule has 0 radical (unpaired) electrons. The van der Waals surface area contributed by atoms with Crippen molar-refractivity contribution in [3.63, 3.8) is 0 Å². The fourth-order valence-electron chi connectivity index (χ4n) is 1.95. The Bertz CT molecular complexity index is 107. The Hall–Kier alpha value is -0.0800. The number of aliphatic hydroxyl groups excluding tert-OH is 1. The molecule has 2 saturated heterocycles. The molecule has 2 N–H and O–H groups in total. The molecule has 0 amide bonds. The van der Waals surface area contributed by atoms with Gasteiger partial charge in [0.2, 0.25) is 0 Å². The maximum atomic E-state index is 9.36. The van der Waals surface area contributed by atoms with Gasteiger partial charge in [0, 0.05) is 12.6 Å². The summed E-state index contributed by atoms with van der Waals surface area (Å²) in [7, 11) is 0. The maximum absolute atomic E-state index is 9.36. The van der Waals surface area contributed by atoms with Crippen LogP contribution in [-0.4, -0.2) is 23.8 Å². The average Bonchev–Trinajstić information content (AvgIpc) is 1.90. The van der Waals surface area contributed by atoms with Crippen molar-refractivity contribution in [1.82, 2.24) is 5.32 Å². The van der Waals surface area contributed by atoms with Crippen molar-refractivity contribution in [3.8, 4) is 0 Å². The van der Waals surface area contributed by atoms with Crippen molar-refractivity contribution in [2.45, 2.75) is 31.4 Å². The number of hydrogen-bond donors (Lipinski definition) is 2. The lowest BCUT2D eigenvalue weighted by Gasteiger charge is -2.40. The molecule has 2 nitrogen and oxygen atoms in total. The van der Waals surface area contributed by atoms with Gasteiger partial charge in [-0.15, -0.1) is 0 Å². The molecule has 1 aliphatic carbocycles. The third kappa shape index (κ3) is 0.864. The molecule has 52 valence electrons. The molecule has 2 aliphatic heterocycles. The first-order valence-corrected chi connectivity index (χ1v) is 3.78. The molecule has 0 aromatic rings. The van der Waals surface area contributed by atoms with Crippen LogP contribution in [0.4, 0.5) is 0 Å². The second-order valence-corrected chi connectivity index (χ2v) is 3.25. The van der Waals surface area contributed by atoms with Gasteiger partial charge < -0.3 is 10.4 Å². The Labute approximate surface area is 55.3 Å². The highest BCUT2D eigenvalue weighted by Gasteiger charge is 2.33. The van der Waals surface area contributed by atoms with Gasteiger partial charge in [0.25, 0.3) is 0 Å². The second kappa shape index (κ2) is 1.96. The average molecular weight is 127 g/mol. The summed E-state index contributed by atoms with van der Waals surface area (Å²) >= 11 is 0. The van der Waals surface area contributed by atoms with Crippen LogP contribution < -0.4 is 5.32 Å². The highest BCUT2D eigenvalue weighted by atomic mass is 16.3. The molecule has 3 rings (SSSR count). The molecule has 3 atom stereocenters. The van der Waals surface area contributed by atoms with E-state index in [-0.39, 0.29) is 6.10 Å². The van der Waals surface area contributed by atoms with Gasteiger partial charge in [-0.3, -0.25) is 0 Å². The van der Waals surface area contributed by atoms with Gasteiger partial charge in [0.15, 0.2) is 0 Å². The zero-order chi connectivity index (χ0) is 6.27. The van der Waals surface area contributed by atoms with E-state index < -0.39 is 0 Å². The van der Waals surface area contributed by atoms with E-state index in [4.69, 9.17) is 0 Å². The van der Waals surface area contributed by atoms with E-state index in [9.17, 15) is 5.11 Å². The van der Waals surface area contributed by atoms with E-state index in [2.05, 4.69) is 5.32 Å². The zero-order valence-corrected chi connectivity index (χ0v) is 5.51. The monoisotopic (exact) mass is 127 g/mol. The minimum Gasteiger partial charge on any atom is -0.393 e. The summed E-state index contributed by atoms with van der Waals surface area (Å²) in [6, 6.07) is 0.630. The molecule has 0 spiro atoms. The van der Waals surface area contributed by atoms with Crippen molar-refractivity contribution < 1.29 is 5.11 Å². The first-order valence-electron chi connectivity index (χ1n) is 3.78. The van der Waals surface area contributed by atoms with Crippen LogP contribution in [0.25, 0.3) is 0 Å². The Morgan fingerprint density at radius 3 is 2.44 bits per heavy atom. The van der Waals surface area contributed by atoms with Crippen molar-refractivity contribution in [3.05, 3.63) is 0 Å². The fourth-order valence-corrected chi connectivity index (χ4v) is 1.95. The van der Waals surface area contributed by atoms with Crippen LogP contribution in [0.15, 0.2) is 0 Å². The summed E-state index contributed by atoms with van der Waals surface area (Å²) in [5.74, 6) is 0.565.